The van der Waals surface area contributed by atoms with Crippen LogP contribution in [0.15, 0.2) is 70.4 Å². The highest BCUT2D eigenvalue weighted by Crippen LogP contribution is 2.24. The third-order valence-corrected chi connectivity index (χ3v) is 6.04. The zero-order valence-electron chi connectivity index (χ0n) is 17.2. The smallest absolute Gasteiger partial charge is 0.329 e. The summed E-state index contributed by atoms with van der Waals surface area (Å²) in [5, 5.41) is 0.477. The van der Waals surface area contributed by atoms with Gasteiger partial charge in [-0.2, -0.15) is 0 Å². The van der Waals surface area contributed by atoms with Gasteiger partial charge < -0.3 is 14.9 Å². The molecule has 1 saturated heterocycles. The number of aromatic nitrogens is 3. The highest BCUT2D eigenvalue weighted by Gasteiger charge is 2.27. The van der Waals surface area contributed by atoms with Crippen molar-refractivity contribution in [3.8, 4) is 11.1 Å². The molecule has 1 aliphatic rings. The minimum absolute atomic E-state index is 0.142. The molecule has 2 aromatic carbocycles. The maximum atomic E-state index is 13.1. The number of carbonyl (C=O) groups is 1. The standard InChI is InChI=1S/C24H21FN4O3/c25-17-7-5-15(6-8-17)16-13-21(26-14-16)23(31)28-11-9-18(10-12-28)29-22(30)19-3-1-2-4-20(19)27-24(29)32/h1-8,13-14,18,26H,9-12H2,(H,27,32). The van der Waals surface area contributed by atoms with E-state index in [1.54, 1.807) is 53.6 Å². The van der Waals surface area contributed by atoms with Gasteiger partial charge in [0, 0.05) is 25.3 Å². The summed E-state index contributed by atoms with van der Waals surface area (Å²) in [7, 11) is 0. The molecule has 0 saturated carbocycles. The predicted molar refractivity (Wildman–Crippen MR) is 119 cm³/mol. The van der Waals surface area contributed by atoms with Gasteiger partial charge in [0.15, 0.2) is 0 Å². The molecule has 0 unspecified atom stereocenters. The van der Waals surface area contributed by atoms with E-state index in [2.05, 4.69) is 9.97 Å². The molecular weight excluding hydrogens is 411 g/mol. The van der Waals surface area contributed by atoms with E-state index in [9.17, 15) is 18.8 Å². The molecule has 2 N–H and O–H groups in total. The number of para-hydroxylation sites is 1. The maximum absolute atomic E-state index is 13.1. The number of hydrogen-bond donors (Lipinski definition) is 2. The molecule has 8 heteroatoms. The van der Waals surface area contributed by atoms with Crippen molar-refractivity contribution in [1.29, 1.82) is 0 Å². The number of likely N-dealkylation sites (tertiary alicyclic amines) is 1. The van der Waals surface area contributed by atoms with Crippen LogP contribution in [0.1, 0.15) is 29.4 Å². The molecule has 0 spiro atoms. The van der Waals surface area contributed by atoms with Crippen molar-refractivity contribution in [2.45, 2.75) is 18.9 Å². The molecule has 0 aliphatic carbocycles. The molecule has 0 atom stereocenters. The van der Waals surface area contributed by atoms with Gasteiger partial charge in [-0.1, -0.05) is 24.3 Å². The fourth-order valence-corrected chi connectivity index (χ4v) is 4.33. The molecule has 0 bridgehead atoms. The first-order chi connectivity index (χ1) is 15.5. The lowest BCUT2D eigenvalue weighted by molar-refractivity contribution is 0.0687. The van der Waals surface area contributed by atoms with E-state index >= 15 is 0 Å². The van der Waals surface area contributed by atoms with Gasteiger partial charge >= 0.3 is 5.69 Å². The van der Waals surface area contributed by atoms with Gasteiger partial charge in [-0.05, 0) is 54.3 Å². The van der Waals surface area contributed by atoms with Crippen molar-refractivity contribution in [2.75, 3.05) is 13.1 Å². The second-order valence-corrected chi connectivity index (χ2v) is 7.98. The van der Waals surface area contributed by atoms with Crippen molar-refractivity contribution >= 4 is 16.8 Å². The first kappa shape index (κ1) is 20.0. The highest BCUT2D eigenvalue weighted by atomic mass is 19.1. The SMILES string of the molecule is O=C(c1cc(-c2ccc(F)cc2)c[nH]1)N1CCC(n2c(=O)[nH]c3ccccc3c2=O)CC1. The summed E-state index contributed by atoms with van der Waals surface area (Å²) in [6, 6.07) is 14.5. The zero-order chi connectivity index (χ0) is 22.2. The zero-order valence-corrected chi connectivity index (χ0v) is 17.2. The molecule has 5 rings (SSSR count). The number of fused-ring (bicyclic) bond motifs is 1. The lowest BCUT2D eigenvalue weighted by Gasteiger charge is -2.32. The van der Waals surface area contributed by atoms with Gasteiger partial charge in [0.2, 0.25) is 0 Å². The van der Waals surface area contributed by atoms with E-state index in [0.29, 0.717) is 42.5 Å². The summed E-state index contributed by atoms with van der Waals surface area (Å²) in [5.74, 6) is -0.454. The Morgan fingerprint density at radius 1 is 0.969 bits per heavy atom. The van der Waals surface area contributed by atoms with Crippen LogP contribution in [0.5, 0.6) is 0 Å². The summed E-state index contributed by atoms with van der Waals surface area (Å²) < 4.78 is 14.4. The Kier molecular flexibility index (Phi) is 4.97. The van der Waals surface area contributed by atoms with Crippen LogP contribution in [0.25, 0.3) is 22.0 Å². The van der Waals surface area contributed by atoms with Crippen LogP contribution in [0.2, 0.25) is 0 Å². The number of aromatic amines is 2. The maximum Gasteiger partial charge on any atom is 0.329 e. The number of piperidine rings is 1. The Hall–Kier alpha value is -3.94. The Balaban J connectivity index is 1.32. The normalized spacial score (nSPS) is 14.7. The monoisotopic (exact) mass is 432 g/mol. The molecule has 0 radical (unpaired) electrons. The van der Waals surface area contributed by atoms with Crippen molar-refractivity contribution in [3.05, 3.63) is 93.1 Å². The molecule has 2 aromatic heterocycles. The molecular formula is C24H21FN4O3. The number of carbonyl (C=O) groups excluding carboxylic acids is 1. The Morgan fingerprint density at radius 2 is 1.69 bits per heavy atom. The van der Waals surface area contributed by atoms with Crippen LogP contribution >= 0.6 is 0 Å². The summed E-state index contributed by atoms with van der Waals surface area (Å²) in [6.45, 7) is 0.875. The molecule has 7 nitrogen and oxygen atoms in total. The summed E-state index contributed by atoms with van der Waals surface area (Å²) in [4.78, 5) is 45.9. The molecule has 1 amide bonds. The topological polar surface area (TPSA) is 91.0 Å². The van der Waals surface area contributed by atoms with Crippen LogP contribution in [0.3, 0.4) is 0 Å². The van der Waals surface area contributed by atoms with E-state index in [0.717, 1.165) is 11.1 Å². The summed E-state index contributed by atoms with van der Waals surface area (Å²) in [5.41, 5.74) is 1.86. The van der Waals surface area contributed by atoms with Gasteiger partial charge in [0.25, 0.3) is 11.5 Å². The van der Waals surface area contributed by atoms with Gasteiger partial charge in [0.1, 0.15) is 11.5 Å². The number of nitrogens with one attached hydrogen (secondary N) is 2. The molecule has 1 fully saturated rings. The molecule has 32 heavy (non-hydrogen) atoms. The lowest BCUT2D eigenvalue weighted by atomic mass is 10.0. The second-order valence-electron chi connectivity index (χ2n) is 7.98. The number of H-pyrrole nitrogens is 2. The van der Waals surface area contributed by atoms with E-state index in [1.807, 2.05) is 0 Å². The first-order valence-corrected chi connectivity index (χ1v) is 10.5. The number of benzene rings is 2. The van der Waals surface area contributed by atoms with Crippen LogP contribution in [0.4, 0.5) is 4.39 Å². The minimum atomic E-state index is -0.424. The number of nitrogens with zero attached hydrogens (tertiary/aromatic N) is 2. The molecule has 4 aromatic rings. The third kappa shape index (κ3) is 3.53. The van der Waals surface area contributed by atoms with E-state index in [4.69, 9.17) is 0 Å². The molecule has 1 aliphatic heterocycles. The first-order valence-electron chi connectivity index (χ1n) is 10.5. The number of hydrogen-bond acceptors (Lipinski definition) is 3. The Labute approximate surface area is 182 Å². The van der Waals surface area contributed by atoms with Gasteiger partial charge in [-0.3, -0.25) is 14.2 Å². The van der Waals surface area contributed by atoms with Crippen LogP contribution < -0.4 is 11.2 Å². The van der Waals surface area contributed by atoms with Crippen molar-refractivity contribution < 1.29 is 9.18 Å². The van der Waals surface area contributed by atoms with Crippen molar-refractivity contribution in [2.24, 2.45) is 0 Å². The average molecular weight is 432 g/mol. The van der Waals surface area contributed by atoms with E-state index in [-0.39, 0.29) is 23.3 Å². The fourth-order valence-electron chi connectivity index (χ4n) is 4.33. The summed E-state index contributed by atoms with van der Waals surface area (Å²) >= 11 is 0. The average Bonchev–Trinajstić information content (AvgIpc) is 3.30. The van der Waals surface area contributed by atoms with Gasteiger partial charge in [0.05, 0.1) is 10.9 Å². The third-order valence-electron chi connectivity index (χ3n) is 6.04. The predicted octanol–water partition coefficient (Wildman–Crippen LogP) is 3.30. The fraction of sp³-hybridized carbons (Fsp3) is 0.208. The molecule has 3 heterocycles. The quantitative estimate of drug-likeness (QED) is 0.520. The van der Waals surface area contributed by atoms with Crippen LogP contribution in [-0.2, 0) is 0 Å². The minimum Gasteiger partial charge on any atom is -0.357 e. The van der Waals surface area contributed by atoms with Crippen molar-refractivity contribution in [3.63, 3.8) is 0 Å². The summed E-state index contributed by atoms with van der Waals surface area (Å²) in [6.07, 6.45) is 2.75. The van der Waals surface area contributed by atoms with Gasteiger partial charge in [-0.25, -0.2) is 9.18 Å². The van der Waals surface area contributed by atoms with E-state index in [1.165, 1.54) is 16.7 Å². The lowest BCUT2D eigenvalue weighted by Crippen LogP contribution is -2.45. The van der Waals surface area contributed by atoms with Crippen LogP contribution in [0, 0.1) is 5.82 Å². The number of rotatable bonds is 3. The van der Waals surface area contributed by atoms with E-state index < -0.39 is 5.69 Å². The Morgan fingerprint density at radius 3 is 2.44 bits per heavy atom. The second kappa shape index (κ2) is 7.96. The van der Waals surface area contributed by atoms with Crippen molar-refractivity contribution in [1.82, 2.24) is 19.4 Å². The largest absolute Gasteiger partial charge is 0.357 e. The Bertz CT molecular complexity index is 1410. The number of halogens is 1. The van der Waals surface area contributed by atoms with Gasteiger partial charge in [-0.15, -0.1) is 0 Å². The molecule has 162 valence electrons. The highest BCUT2D eigenvalue weighted by molar-refractivity contribution is 5.94. The number of amides is 1. The van der Waals surface area contributed by atoms with Crippen LogP contribution in [-0.4, -0.2) is 38.4 Å².